The fourth-order valence-corrected chi connectivity index (χ4v) is 4.60. The molecule has 1 fully saturated rings. The van der Waals surface area contributed by atoms with E-state index in [0.717, 1.165) is 0 Å². The van der Waals surface area contributed by atoms with Crippen LogP contribution in [0.1, 0.15) is 19.6 Å². The molecule has 0 spiro atoms. The summed E-state index contributed by atoms with van der Waals surface area (Å²) in [6, 6.07) is -2.07. The van der Waals surface area contributed by atoms with Gasteiger partial charge >= 0.3 is 10.3 Å². The smallest absolute Gasteiger partial charge is 0.362 e. The van der Waals surface area contributed by atoms with Gasteiger partial charge in [-0.05, 0) is 25.4 Å². The zero-order valence-corrected chi connectivity index (χ0v) is 21.0. The van der Waals surface area contributed by atoms with Crippen molar-refractivity contribution in [2.24, 2.45) is 5.73 Å². The number of aliphatic hydroxyl groups excluding tert-OH is 2. The molecular formula is C18H28N8O8S2. The van der Waals surface area contributed by atoms with Gasteiger partial charge in [0.05, 0.1) is 19.0 Å². The summed E-state index contributed by atoms with van der Waals surface area (Å²) in [4.78, 5) is 36.1. The molecule has 36 heavy (non-hydrogen) atoms. The molecule has 16 nitrogen and oxygen atoms in total. The van der Waals surface area contributed by atoms with E-state index in [-0.39, 0.29) is 17.0 Å². The summed E-state index contributed by atoms with van der Waals surface area (Å²) in [7, 11) is -4.65. The standard InChI is InChI=1S/C18H28N8O8S2/c1-8(24-17(30)9(19)3-4-35-2)16(29)25-36(31,32)33-5-10-12(27)13(28)18(34-10)26-7-23-11-14(20)21-6-22-15(11)26/h6-10,12-13,18,27-28H,3-5,19H2,1-2H3,(H,24,30)(H,25,29)(H2,20,21,22)/t8-,9-,10+,12+,13+,18+/m0/s1. The van der Waals surface area contributed by atoms with Crippen molar-refractivity contribution in [2.45, 2.75) is 50.0 Å². The van der Waals surface area contributed by atoms with Crippen molar-refractivity contribution in [1.29, 1.82) is 0 Å². The number of hydrogen-bond donors (Lipinski definition) is 6. The molecule has 2 aromatic heterocycles. The summed E-state index contributed by atoms with van der Waals surface area (Å²) in [6.45, 7) is 0.544. The minimum atomic E-state index is -4.65. The van der Waals surface area contributed by atoms with Crippen LogP contribution in [0.2, 0.25) is 0 Å². The number of nitrogen functional groups attached to an aromatic ring is 1. The van der Waals surface area contributed by atoms with Crippen LogP contribution < -0.4 is 21.5 Å². The van der Waals surface area contributed by atoms with Crippen LogP contribution in [-0.2, 0) is 28.8 Å². The summed E-state index contributed by atoms with van der Waals surface area (Å²) in [6.07, 6.45) is -0.810. The average Bonchev–Trinajstić information content (AvgIpc) is 3.37. The van der Waals surface area contributed by atoms with Crippen LogP contribution in [0.4, 0.5) is 5.82 Å². The van der Waals surface area contributed by atoms with Gasteiger partial charge in [-0.25, -0.2) is 19.7 Å². The van der Waals surface area contributed by atoms with E-state index in [4.69, 9.17) is 20.4 Å². The van der Waals surface area contributed by atoms with Crippen LogP contribution in [0.15, 0.2) is 12.7 Å². The zero-order valence-electron chi connectivity index (χ0n) is 19.3. The third-order valence-electron chi connectivity index (χ3n) is 5.33. The van der Waals surface area contributed by atoms with Gasteiger partial charge in [0.25, 0.3) is 5.91 Å². The molecule has 2 aromatic rings. The Balaban J connectivity index is 1.56. The van der Waals surface area contributed by atoms with Crippen molar-refractivity contribution in [1.82, 2.24) is 29.6 Å². The summed E-state index contributed by atoms with van der Waals surface area (Å²) in [5.74, 6) is -0.929. The number of aromatic nitrogens is 4. The molecule has 0 unspecified atom stereocenters. The molecule has 1 saturated heterocycles. The second-order valence-corrected chi connectivity index (χ2v) is 10.3. The first kappa shape index (κ1) is 28.0. The van der Waals surface area contributed by atoms with Crippen molar-refractivity contribution >= 4 is 50.9 Å². The molecule has 2 amide bonds. The van der Waals surface area contributed by atoms with Gasteiger partial charge in [-0.1, -0.05) is 0 Å². The van der Waals surface area contributed by atoms with E-state index in [2.05, 4.69) is 20.3 Å². The number of anilines is 1. The second kappa shape index (κ2) is 11.6. The van der Waals surface area contributed by atoms with Crippen molar-refractivity contribution in [3.63, 3.8) is 0 Å². The maximum Gasteiger partial charge on any atom is 0.362 e. The van der Waals surface area contributed by atoms with Gasteiger partial charge < -0.3 is 31.7 Å². The molecule has 1 aliphatic heterocycles. The van der Waals surface area contributed by atoms with E-state index >= 15 is 0 Å². The highest BCUT2D eigenvalue weighted by molar-refractivity contribution is 7.98. The Labute approximate surface area is 210 Å². The number of aliphatic hydroxyl groups is 2. The number of fused-ring (bicyclic) bond motifs is 1. The molecule has 3 heterocycles. The first-order chi connectivity index (χ1) is 16.9. The lowest BCUT2D eigenvalue weighted by Gasteiger charge is -2.18. The third kappa shape index (κ3) is 6.38. The largest absolute Gasteiger partial charge is 0.387 e. The molecule has 1 aliphatic rings. The maximum atomic E-state index is 12.2. The van der Waals surface area contributed by atoms with Gasteiger partial charge in [0.1, 0.15) is 36.2 Å². The predicted octanol–water partition coefficient (Wildman–Crippen LogP) is -3.01. The topological polar surface area (TPSA) is 247 Å². The van der Waals surface area contributed by atoms with Crippen molar-refractivity contribution < 1.29 is 37.1 Å². The van der Waals surface area contributed by atoms with Crippen LogP contribution >= 0.6 is 11.8 Å². The molecule has 8 N–H and O–H groups in total. The van der Waals surface area contributed by atoms with Gasteiger partial charge in [0, 0.05) is 0 Å². The normalized spacial score (nSPS) is 23.9. The van der Waals surface area contributed by atoms with E-state index in [1.54, 1.807) is 4.72 Å². The lowest BCUT2D eigenvalue weighted by molar-refractivity contribution is -0.128. The summed E-state index contributed by atoms with van der Waals surface area (Å²) < 4.78 is 37.8. The third-order valence-corrected chi connectivity index (χ3v) is 6.87. The molecule has 18 heteroatoms. The molecule has 0 saturated carbocycles. The number of rotatable bonds is 11. The Bertz CT molecular complexity index is 1190. The zero-order chi connectivity index (χ0) is 26.6. The highest BCUT2D eigenvalue weighted by Crippen LogP contribution is 2.32. The lowest BCUT2D eigenvalue weighted by Crippen LogP contribution is -2.51. The molecule has 0 aromatic carbocycles. The molecular weight excluding hydrogens is 520 g/mol. The fraction of sp³-hybridized carbons (Fsp3) is 0.611. The van der Waals surface area contributed by atoms with Gasteiger partial charge in [-0.15, -0.1) is 0 Å². The van der Waals surface area contributed by atoms with Crippen LogP contribution in [-0.4, -0.2) is 99.0 Å². The predicted molar refractivity (Wildman–Crippen MR) is 127 cm³/mol. The quantitative estimate of drug-likeness (QED) is 0.164. The van der Waals surface area contributed by atoms with Crippen LogP contribution in [0, 0.1) is 0 Å². The Morgan fingerprint density at radius 2 is 2.00 bits per heavy atom. The number of carbonyl (C=O) groups is 2. The Kier molecular flexibility index (Phi) is 9.03. The number of amides is 2. The maximum absolute atomic E-state index is 12.2. The second-order valence-electron chi connectivity index (χ2n) is 7.95. The Morgan fingerprint density at radius 1 is 1.28 bits per heavy atom. The van der Waals surface area contributed by atoms with Crippen molar-refractivity contribution in [3.05, 3.63) is 12.7 Å². The molecule has 3 rings (SSSR count). The number of hydrogen-bond acceptors (Lipinski definition) is 14. The summed E-state index contributed by atoms with van der Waals surface area (Å²) >= 11 is 1.50. The number of imidazole rings is 1. The highest BCUT2D eigenvalue weighted by Gasteiger charge is 2.45. The Hall–Kier alpha value is -2.61. The number of nitrogens with two attached hydrogens (primary N) is 2. The van der Waals surface area contributed by atoms with Crippen molar-refractivity contribution in [2.75, 3.05) is 24.3 Å². The highest BCUT2D eigenvalue weighted by atomic mass is 32.2. The molecule has 0 radical (unpaired) electrons. The number of nitrogens with zero attached hydrogens (tertiary/aromatic N) is 4. The summed E-state index contributed by atoms with van der Waals surface area (Å²) in [5, 5.41) is 23.1. The minimum Gasteiger partial charge on any atom is -0.387 e. The lowest BCUT2D eigenvalue weighted by atomic mass is 10.1. The van der Waals surface area contributed by atoms with Crippen LogP contribution in [0.5, 0.6) is 0 Å². The van der Waals surface area contributed by atoms with E-state index < -0.39 is 65.3 Å². The van der Waals surface area contributed by atoms with E-state index in [1.165, 1.54) is 35.9 Å². The summed E-state index contributed by atoms with van der Waals surface area (Å²) in [5.41, 5.74) is 11.9. The molecule has 6 atom stereocenters. The van der Waals surface area contributed by atoms with Crippen LogP contribution in [0.25, 0.3) is 11.2 Å². The average molecular weight is 549 g/mol. The van der Waals surface area contributed by atoms with Gasteiger partial charge in [0.2, 0.25) is 5.91 Å². The number of ether oxygens (including phenoxy) is 1. The fourth-order valence-electron chi connectivity index (χ4n) is 3.31. The van der Waals surface area contributed by atoms with E-state index in [0.29, 0.717) is 12.2 Å². The van der Waals surface area contributed by atoms with Crippen molar-refractivity contribution in [3.8, 4) is 0 Å². The molecule has 200 valence electrons. The minimum absolute atomic E-state index is 0.0980. The number of nitrogens with one attached hydrogen (secondary N) is 2. The molecule has 0 bridgehead atoms. The number of thioether (sulfide) groups is 1. The SMILES string of the molecule is CSCC[C@H](N)C(=O)N[C@@H](C)C(=O)NS(=O)(=O)OC[C@H]1O[C@@H](n2cnc3c(N)ncnc32)[C@H](O)[C@@H]1O. The first-order valence-corrected chi connectivity index (χ1v) is 13.5. The van der Waals surface area contributed by atoms with E-state index in [9.17, 15) is 28.2 Å². The molecule has 0 aliphatic carbocycles. The van der Waals surface area contributed by atoms with E-state index in [1.807, 2.05) is 6.26 Å². The van der Waals surface area contributed by atoms with Gasteiger partial charge in [0.15, 0.2) is 17.7 Å². The number of carbonyl (C=O) groups excluding carboxylic acids is 2. The first-order valence-electron chi connectivity index (χ1n) is 10.7. The Morgan fingerprint density at radius 3 is 2.69 bits per heavy atom. The monoisotopic (exact) mass is 548 g/mol. The van der Waals surface area contributed by atoms with Gasteiger partial charge in [-0.3, -0.25) is 18.3 Å². The van der Waals surface area contributed by atoms with Crippen LogP contribution in [0.3, 0.4) is 0 Å². The van der Waals surface area contributed by atoms with Gasteiger partial charge in [-0.2, -0.15) is 20.2 Å².